The van der Waals surface area contributed by atoms with Crippen LogP contribution in [0.15, 0.2) is 24.3 Å². The maximum Gasteiger partial charge on any atom is 0.408 e. The van der Waals surface area contributed by atoms with Gasteiger partial charge >= 0.3 is 6.09 Å². The first kappa shape index (κ1) is 26.7. The quantitative estimate of drug-likeness (QED) is 0.563. The lowest BCUT2D eigenvalue weighted by Gasteiger charge is -2.33. The Hall–Kier alpha value is -2.57. The summed E-state index contributed by atoms with van der Waals surface area (Å²) in [5.41, 5.74) is 1.21. The standard InChI is InChI=1S/C26H41N3O4/c1-6-7-17-29(22(30)18-27-25(32)33-26(3,4)5)23(20-15-13-19(2)14-16-20)24(31)28-21-11-9-8-10-12-21/h13-16,21,23H,6-12,17-18H2,1-5H3,(H,27,32)(H,28,31). The summed E-state index contributed by atoms with van der Waals surface area (Å²) in [6.45, 7) is 9.55. The maximum atomic E-state index is 13.5. The van der Waals surface area contributed by atoms with Crippen molar-refractivity contribution in [3.8, 4) is 0 Å². The second-order valence-corrected chi connectivity index (χ2v) is 9.95. The minimum atomic E-state index is -0.744. The van der Waals surface area contributed by atoms with Crippen LogP contribution in [-0.2, 0) is 14.3 Å². The molecular weight excluding hydrogens is 418 g/mol. The molecule has 1 atom stereocenters. The molecule has 33 heavy (non-hydrogen) atoms. The Labute approximate surface area is 198 Å². The van der Waals surface area contributed by atoms with Crippen molar-refractivity contribution in [2.24, 2.45) is 0 Å². The Balaban J connectivity index is 2.24. The van der Waals surface area contributed by atoms with E-state index in [0.717, 1.165) is 49.7 Å². The fourth-order valence-corrected chi connectivity index (χ4v) is 4.04. The van der Waals surface area contributed by atoms with Crippen molar-refractivity contribution < 1.29 is 19.1 Å². The summed E-state index contributed by atoms with van der Waals surface area (Å²) in [6.07, 6.45) is 6.35. The number of rotatable bonds is 9. The highest BCUT2D eigenvalue weighted by atomic mass is 16.6. The van der Waals surface area contributed by atoms with Gasteiger partial charge < -0.3 is 20.3 Å². The van der Waals surface area contributed by atoms with Crippen LogP contribution in [0, 0.1) is 6.92 Å². The molecule has 1 aliphatic carbocycles. The SMILES string of the molecule is CCCCN(C(=O)CNC(=O)OC(C)(C)C)C(C(=O)NC1CCCCC1)c1ccc(C)cc1. The number of benzene rings is 1. The lowest BCUT2D eigenvalue weighted by atomic mass is 9.94. The molecule has 1 aromatic carbocycles. The van der Waals surface area contributed by atoms with Gasteiger partial charge in [-0.2, -0.15) is 0 Å². The Morgan fingerprint density at radius 1 is 1.09 bits per heavy atom. The van der Waals surface area contributed by atoms with Crippen molar-refractivity contribution in [3.63, 3.8) is 0 Å². The van der Waals surface area contributed by atoms with Crippen LogP contribution in [0.5, 0.6) is 0 Å². The third-order valence-corrected chi connectivity index (χ3v) is 5.76. The number of amides is 3. The van der Waals surface area contributed by atoms with Crippen LogP contribution >= 0.6 is 0 Å². The Kier molecular flexibility index (Phi) is 10.2. The molecule has 0 aromatic heterocycles. The van der Waals surface area contributed by atoms with Crippen LogP contribution in [0.4, 0.5) is 4.79 Å². The van der Waals surface area contributed by atoms with E-state index >= 15 is 0 Å². The van der Waals surface area contributed by atoms with Crippen molar-refractivity contribution in [1.29, 1.82) is 0 Å². The molecule has 1 aromatic rings. The summed E-state index contributed by atoms with van der Waals surface area (Å²) in [7, 11) is 0. The van der Waals surface area contributed by atoms with Crippen LogP contribution in [0.1, 0.15) is 89.8 Å². The zero-order valence-electron chi connectivity index (χ0n) is 20.9. The summed E-state index contributed by atoms with van der Waals surface area (Å²) >= 11 is 0. The van der Waals surface area contributed by atoms with Gasteiger partial charge in [-0.15, -0.1) is 0 Å². The smallest absolute Gasteiger partial charge is 0.408 e. The number of unbranched alkanes of at least 4 members (excludes halogenated alkanes) is 1. The number of hydrogen-bond acceptors (Lipinski definition) is 4. The maximum absolute atomic E-state index is 13.5. The minimum absolute atomic E-state index is 0.141. The van der Waals surface area contributed by atoms with Crippen molar-refractivity contribution in [3.05, 3.63) is 35.4 Å². The molecule has 0 spiro atoms. The van der Waals surface area contributed by atoms with Crippen molar-refractivity contribution in [2.45, 2.75) is 97.2 Å². The molecule has 3 amide bonds. The number of aryl methyl sites for hydroxylation is 1. The highest BCUT2D eigenvalue weighted by Crippen LogP contribution is 2.25. The summed E-state index contributed by atoms with van der Waals surface area (Å²) in [6, 6.07) is 7.13. The molecule has 0 radical (unpaired) electrons. The summed E-state index contributed by atoms with van der Waals surface area (Å²) in [4.78, 5) is 40.5. The first-order valence-electron chi connectivity index (χ1n) is 12.2. The molecule has 1 fully saturated rings. The van der Waals surface area contributed by atoms with Gasteiger partial charge in [0.2, 0.25) is 11.8 Å². The average molecular weight is 460 g/mol. The van der Waals surface area contributed by atoms with Gasteiger partial charge in [0.25, 0.3) is 0 Å². The highest BCUT2D eigenvalue weighted by Gasteiger charge is 2.32. The lowest BCUT2D eigenvalue weighted by molar-refractivity contribution is -0.140. The number of nitrogens with one attached hydrogen (secondary N) is 2. The fraction of sp³-hybridized carbons (Fsp3) is 0.654. The van der Waals surface area contributed by atoms with E-state index < -0.39 is 17.7 Å². The Bertz CT molecular complexity index is 780. The molecule has 0 saturated heterocycles. The number of ether oxygens (including phenoxy) is 1. The normalized spacial score (nSPS) is 15.4. The molecule has 0 aliphatic heterocycles. The predicted molar refractivity (Wildman–Crippen MR) is 130 cm³/mol. The minimum Gasteiger partial charge on any atom is -0.444 e. The largest absolute Gasteiger partial charge is 0.444 e. The van der Waals surface area contributed by atoms with E-state index in [-0.39, 0.29) is 24.4 Å². The van der Waals surface area contributed by atoms with E-state index in [1.165, 1.54) is 6.42 Å². The van der Waals surface area contributed by atoms with E-state index in [2.05, 4.69) is 10.6 Å². The molecule has 2 rings (SSSR count). The Morgan fingerprint density at radius 3 is 2.30 bits per heavy atom. The fourth-order valence-electron chi connectivity index (χ4n) is 4.04. The topological polar surface area (TPSA) is 87.7 Å². The van der Waals surface area contributed by atoms with E-state index in [4.69, 9.17) is 4.74 Å². The van der Waals surface area contributed by atoms with E-state index in [1.54, 1.807) is 25.7 Å². The number of nitrogens with zero attached hydrogens (tertiary/aromatic N) is 1. The van der Waals surface area contributed by atoms with Crippen molar-refractivity contribution in [1.82, 2.24) is 15.5 Å². The summed E-state index contributed by atoms with van der Waals surface area (Å²) < 4.78 is 5.26. The molecule has 1 unspecified atom stereocenters. The zero-order chi connectivity index (χ0) is 24.4. The second kappa shape index (κ2) is 12.6. The molecule has 7 heteroatoms. The first-order valence-corrected chi connectivity index (χ1v) is 12.2. The van der Waals surface area contributed by atoms with Crippen LogP contribution < -0.4 is 10.6 Å². The molecule has 1 saturated carbocycles. The molecule has 0 bridgehead atoms. The number of alkyl carbamates (subject to hydrolysis) is 1. The number of carbonyl (C=O) groups is 3. The van der Waals surface area contributed by atoms with E-state index in [1.807, 2.05) is 38.1 Å². The van der Waals surface area contributed by atoms with Crippen LogP contribution in [0.25, 0.3) is 0 Å². The van der Waals surface area contributed by atoms with Gasteiger partial charge in [-0.05, 0) is 52.5 Å². The van der Waals surface area contributed by atoms with Crippen LogP contribution in [-0.4, -0.2) is 47.5 Å². The third-order valence-electron chi connectivity index (χ3n) is 5.76. The molecule has 7 nitrogen and oxygen atoms in total. The van der Waals surface area contributed by atoms with Crippen molar-refractivity contribution in [2.75, 3.05) is 13.1 Å². The predicted octanol–water partition coefficient (Wildman–Crippen LogP) is 4.64. The van der Waals surface area contributed by atoms with Gasteiger partial charge in [0.1, 0.15) is 18.2 Å². The van der Waals surface area contributed by atoms with Crippen molar-refractivity contribution >= 4 is 17.9 Å². The molecular formula is C26H41N3O4. The number of carbonyl (C=O) groups excluding carboxylic acids is 3. The van der Waals surface area contributed by atoms with Gasteiger partial charge in [0, 0.05) is 12.6 Å². The third kappa shape index (κ3) is 9.06. The van der Waals surface area contributed by atoms with E-state index in [0.29, 0.717) is 6.54 Å². The second-order valence-electron chi connectivity index (χ2n) is 9.95. The summed E-state index contributed by atoms with van der Waals surface area (Å²) in [5.74, 6) is -0.467. The van der Waals surface area contributed by atoms with Gasteiger partial charge in [-0.1, -0.05) is 62.4 Å². The molecule has 1 aliphatic rings. The van der Waals surface area contributed by atoms with E-state index in [9.17, 15) is 14.4 Å². The average Bonchev–Trinajstić information content (AvgIpc) is 2.75. The summed E-state index contributed by atoms with van der Waals surface area (Å²) in [5, 5.41) is 5.74. The van der Waals surface area contributed by atoms with Crippen LogP contribution in [0.2, 0.25) is 0 Å². The molecule has 2 N–H and O–H groups in total. The monoisotopic (exact) mass is 459 g/mol. The highest BCUT2D eigenvalue weighted by molar-refractivity contribution is 5.90. The van der Waals surface area contributed by atoms with Crippen LogP contribution in [0.3, 0.4) is 0 Å². The lowest BCUT2D eigenvalue weighted by Crippen LogP contribution is -2.50. The molecule has 184 valence electrons. The molecule has 0 heterocycles. The van der Waals surface area contributed by atoms with Gasteiger partial charge in [-0.3, -0.25) is 9.59 Å². The van der Waals surface area contributed by atoms with Gasteiger partial charge in [0.15, 0.2) is 0 Å². The van der Waals surface area contributed by atoms with Gasteiger partial charge in [-0.25, -0.2) is 4.79 Å². The first-order chi connectivity index (χ1) is 15.6. The van der Waals surface area contributed by atoms with Gasteiger partial charge in [0.05, 0.1) is 0 Å². The Morgan fingerprint density at radius 2 is 1.73 bits per heavy atom. The number of hydrogen-bond donors (Lipinski definition) is 2. The zero-order valence-corrected chi connectivity index (χ0v) is 20.9.